The molecule has 1 fully saturated rings. The van der Waals surface area contributed by atoms with Crippen LogP contribution in [-0.2, 0) is 25.8 Å². The smallest absolute Gasteiger partial charge is 0.264 e. The van der Waals surface area contributed by atoms with Crippen LogP contribution in [0.4, 0.5) is 0 Å². The van der Waals surface area contributed by atoms with Gasteiger partial charge in [-0.15, -0.1) is 11.3 Å². The predicted octanol–water partition coefficient (Wildman–Crippen LogP) is 3.43. The third kappa shape index (κ3) is 3.41. The fourth-order valence-electron chi connectivity index (χ4n) is 4.50. The summed E-state index contributed by atoms with van der Waals surface area (Å²) in [6.45, 7) is 2.44. The van der Waals surface area contributed by atoms with E-state index in [0.717, 1.165) is 60.7 Å². The van der Waals surface area contributed by atoms with Gasteiger partial charge in [0, 0.05) is 36.1 Å². The summed E-state index contributed by atoms with van der Waals surface area (Å²) in [5, 5.41) is 3.53. The summed E-state index contributed by atoms with van der Waals surface area (Å²) < 4.78 is 0. The van der Waals surface area contributed by atoms with Gasteiger partial charge >= 0.3 is 0 Å². The highest BCUT2D eigenvalue weighted by Gasteiger charge is 2.27. The first-order chi connectivity index (χ1) is 13.3. The number of nitrogens with zero attached hydrogens (tertiary/aromatic N) is 3. The van der Waals surface area contributed by atoms with Crippen LogP contribution < -0.4 is 5.32 Å². The van der Waals surface area contributed by atoms with E-state index in [9.17, 15) is 4.79 Å². The molecule has 0 radical (unpaired) electrons. The van der Waals surface area contributed by atoms with E-state index in [1.165, 1.54) is 36.1 Å². The monoisotopic (exact) mass is 382 g/mol. The van der Waals surface area contributed by atoms with Gasteiger partial charge in [-0.25, -0.2) is 9.97 Å². The first kappa shape index (κ1) is 17.3. The average Bonchev–Trinajstić information content (AvgIpc) is 3.17. The van der Waals surface area contributed by atoms with Gasteiger partial charge in [-0.1, -0.05) is 6.42 Å². The van der Waals surface area contributed by atoms with Crippen LogP contribution >= 0.6 is 11.3 Å². The number of piperidine rings is 1. The lowest BCUT2D eigenvalue weighted by atomic mass is 9.99. The Hall–Kier alpha value is -1.79. The maximum absolute atomic E-state index is 13.0. The molecule has 5 rings (SSSR count). The summed E-state index contributed by atoms with van der Waals surface area (Å²) in [5.74, 6) is 1.11. The van der Waals surface area contributed by atoms with E-state index in [4.69, 9.17) is 4.98 Å². The van der Waals surface area contributed by atoms with Crippen molar-refractivity contribution in [3.8, 4) is 0 Å². The van der Waals surface area contributed by atoms with Crippen molar-refractivity contribution in [3.05, 3.63) is 44.7 Å². The number of carbonyl (C=O) groups is 1. The van der Waals surface area contributed by atoms with Crippen LogP contribution in [0.1, 0.15) is 75.3 Å². The topological polar surface area (TPSA) is 58.1 Å². The van der Waals surface area contributed by atoms with Gasteiger partial charge in [0.25, 0.3) is 5.91 Å². The van der Waals surface area contributed by atoms with Crippen LogP contribution in [-0.4, -0.2) is 33.9 Å². The van der Waals surface area contributed by atoms with Gasteiger partial charge in [0.15, 0.2) is 0 Å². The Labute approximate surface area is 164 Å². The third-order valence-corrected chi connectivity index (χ3v) is 7.29. The molecule has 2 aliphatic heterocycles. The molecule has 1 N–H and O–H groups in total. The largest absolute Gasteiger partial charge is 0.333 e. The number of nitrogens with one attached hydrogen (secondary N) is 1. The van der Waals surface area contributed by atoms with Crippen molar-refractivity contribution in [1.82, 2.24) is 20.2 Å². The van der Waals surface area contributed by atoms with Gasteiger partial charge < -0.3 is 10.2 Å². The van der Waals surface area contributed by atoms with E-state index in [2.05, 4.69) is 16.4 Å². The van der Waals surface area contributed by atoms with Gasteiger partial charge in [0.1, 0.15) is 5.82 Å². The molecule has 4 heterocycles. The maximum Gasteiger partial charge on any atom is 0.264 e. The lowest BCUT2D eigenvalue weighted by Gasteiger charge is -2.29. The van der Waals surface area contributed by atoms with Gasteiger partial charge in [-0.3, -0.25) is 4.79 Å². The Bertz CT molecular complexity index is 832. The second kappa shape index (κ2) is 7.32. The molecule has 1 saturated heterocycles. The standard InChI is InChI=1S/C21H26N4OS/c26-21(19-11-14-5-1-2-7-18(14)27-19)25-10-8-16-15(13-25)12-23-20(24-16)17-6-3-4-9-22-17/h11-12,17,22H,1-10,13H2/t17-/m0/s1. The van der Waals surface area contributed by atoms with Gasteiger partial charge in [-0.2, -0.15) is 0 Å². The molecule has 6 heteroatoms. The summed E-state index contributed by atoms with van der Waals surface area (Å²) in [7, 11) is 0. The minimum absolute atomic E-state index is 0.179. The molecule has 5 nitrogen and oxygen atoms in total. The van der Waals surface area contributed by atoms with Crippen molar-refractivity contribution in [2.24, 2.45) is 0 Å². The Kier molecular flexibility index (Phi) is 4.70. The fraction of sp³-hybridized carbons (Fsp3) is 0.571. The number of aromatic nitrogens is 2. The number of carbonyl (C=O) groups excluding carboxylic acids is 1. The molecule has 142 valence electrons. The van der Waals surface area contributed by atoms with Crippen LogP contribution in [0.3, 0.4) is 0 Å². The van der Waals surface area contributed by atoms with E-state index in [0.29, 0.717) is 12.6 Å². The Balaban J connectivity index is 1.32. The van der Waals surface area contributed by atoms with Crippen molar-refractivity contribution in [2.45, 2.75) is 64.0 Å². The highest BCUT2D eigenvalue weighted by molar-refractivity contribution is 7.14. The number of hydrogen-bond acceptors (Lipinski definition) is 5. The minimum atomic E-state index is 0.179. The molecule has 1 amide bonds. The second-order valence-corrected chi connectivity index (χ2v) is 9.08. The molecule has 3 aliphatic rings. The van der Waals surface area contributed by atoms with E-state index in [1.54, 1.807) is 11.3 Å². The summed E-state index contributed by atoms with van der Waals surface area (Å²) in [6, 6.07) is 2.44. The number of amides is 1. The highest BCUT2D eigenvalue weighted by Crippen LogP contribution is 2.31. The molecular weight excluding hydrogens is 356 g/mol. The molecule has 0 bridgehead atoms. The fourth-order valence-corrected chi connectivity index (χ4v) is 5.72. The van der Waals surface area contributed by atoms with E-state index >= 15 is 0 Å². The number of hydrogen-bond donors (Lipinski definition) is 1. The van der Waals surface area contributed by atoms with Crippen molar-refractivity contribution in [3.63, 3.8) is 0 Å². The normalized spacial score (nSPS) is 22.2. The van der Waals surface area contributed by atoms with Gasteiger partial charge in [0.05, 0.1) is 16.6 Å². The molecule has 2 aromatic heterocycles. The van der Waals surface area contributed by atoms with Crippen molar-refractivity contribution in [1.29, 1.82) is 0 Å². The quantitative estimate of drug-likeness (QED) is 0.865. The molecule has 1 atom stereocenters. The van der Waals surface area contributed by atoms with E-state index < -0.39 is 0 Å². The van der Waals surface area contributed by atoms with Crippen LogP contribution in [0.15, 0.2) is 12.3 Å². The van der Waals surface area contributed by atoms with E-state index in [-0.39, 0.29) is 5.91 Å². The molecule has 0 aromatic carbocycles. The molecule has 0 unspecified atom stereocenters. The van der Waals surface area contributed by atoms with Crippen molar-refractivity contribution < 1.29 is 4.79 Å². The lowest BCUT2D eigenvalue weighted by Crippen LogP contribution is -2.36. The highest BCUT2D eigenvalue weighted by atomic mass is 32.1. The SMILES string of the molecule is O=C(c1cc2c(s1)CCCC2)N1CCc2nc([C@@H]3CCCCN3)ncc2C1. The zero-order valence-electron chi connectivity index (χ0n) is 15.7. The second-order valence-electron chi connectivity index (χ2n) is 7.95. The maximum atomic E-state index is 13.0. The van der Waals surface area contributed by atoms with Crippen molar-refractivity contribution in [2.75, 3.05) is 13.1 Å². The number of thiophene rings is 1. The van der Waals surface area contributed by atoms with Gasteiger partial charge in [-0.05, 0) is 56.7 Å². The third-order valence-electron chi connectivity index (χ3n) is 6.07. The molecule has 1 aliphatic carbocycles. The first-order valence-electron chi connectivity index (χ1n) is 10.3. The van der Waals surface area contributed by atoms with E-state index in [1.807, 2.05) is 11.1 Å². The Morgan fingerprint density at radius 2 is 2.07 bits per heavy atom. The molecule has 2 aromatic rings. The predicted molar refractivity (Wildman–Crippen MR) is 106 cm³/mol. The minimum Gasteiger partial charge on any atom is -0.333 e. The van der Waals surface area contributed by atoms with Crippen LogP contribution in [0.25, 0.3) is 0 Å². The number of fused-ring (bicyclic) bond motifs is 2. The van der Waals surface area contributed by atoms with Crippen molar-refractivity contribution >= 4 is 17.2 Å². The number of rotatable bonds is 2. The first-order valence-corrected chi connectivity index (χ1v) is 11.1. The van der Waals surface area contributed by atoms with Crippen LogP contribution in [0.5, 0.6) is 0 Å². The molecular formula is C21H26N4OS. The zero-order chi connectivity index (χ0) is 18.2. The van der Waals surface area contributed by atoms with Crippen LogP contribution in [0, 0.1) is 0 Å². The lowest BCUT2D eigenvalue weighted by molar-refractivity contribution is 0.0738. The number of aryl methyl sites for hydroxylation is 2. The van der Waals surface area contributed by atoms with Crippen LogP contribution in [0.2, 0.25) is 0 Å². The summed E-state index contributed by atoms with van der Waals surface area (Å²) in [4.78, 5) is 26.8. The summed E-state index contributed by atoms with van der Waals surface area (Å²) in [5.41, 5.74) is 3.64. The molecule has 0 spiro atoms. The summed E-state index contributed by atoms with van der Waals surface area (Å²) in [6.07, 6.45) is 11.2. The summed E-state index contributed by atoms with van der Waals surface area (Å²) >= 11 is 1.71. The zero-order valence-corrected chi connectivity index (χ0v) is 16.5. The van der Waals surface area contributed by atoms with Gasteiger partial charge in [0.2, 0.25) is 0 Å². The average molecular weight is 383 g/mol. The molecule has 27 heavy (non-hydrogen) atoms. The Morgan fingerprint density at radius 1 is 1.15 bits per heavy atom. The Morgan fingerprint density at radius 3 is 2.93 bits per heavy atom. The molecule has 0 saturated carbocycles.